The Labute approximate surface area is 135 Å². The van der Waals surface area contributed by atoms with E-state index in [0.29, 0.717) is 17.2 Å². The first-order valence-corrected chi connectivity index (χ1v) is 7.82. The topological polar surface area (TPSA) is 58.2 Å². The summed E-state index contributed by atoms with van der Waals surface area (Å²) in [5, 5.41) is 5.85. The van der Waals surface area contributed by atoms with Crippen LogP contribution in [0.4, 0.5) is 5.69 Å². The summed E-state index contributed by atoms with van der Waals surface area (Å²) in [4.78, 5) is 24.3. The first kappa shape index (κ1) is 15.3. The molecule has 0 aliphatic heterocycles. The second kappa shape index (κ2) is 6.24. The lowest BCUT2D eigenvalue weighted by atomic mass is 10.1. The van der Waals surface area contributed by atoms with Gasteiger partial charge < -0.3 is 10.6 Å². The zero-order chi connectivity index (χ0) is 16.4. The number of aryl methyl sites for hydroxylation is 2. The summed E-state index contributed by atoms with van der Waals surface area (Å²) in [6.07, 6.45) is 2.12. The highest BCUT2D eigenvalue weighted by Crippen LogP contribution is 2.20. The van der Waals surface area contributed by atoms with Crippen LogP contribution >= 0.6 is 0 Å². The van der Waals surface area contributed by atoms with E-state index in [2.05, 4.69) is 10.6 Å². The molecule has 1 aliphatic rings. The smallest absolute Gasteiger partial charge is 0.255 e. The molecule has 0 unspecified atom stereocenters. The molecule has 0 bridgehead atoms. The van der Waals surface area contributed by atoms with E-state index in [1.54, 1.807) is 24.3 Å². The Hall–Kier alpha value is -2.62. The molecule has 1 fully saturated rings. The van der Waals surface area contributed by atoms with Gasteiger partial charge in [-0.3, -0.25) is 9.59 Å². The summed E-state index contributed by atoms with van der Waals surface area (Å²) >= 11 is 0. The molecule has 2 aromatic carbocycles. The Kier molecular flexibility index (Phi) is 4.15. The van der Waals surface area contributed by atoms with Crippen LogP contribution in [0.15, 0.2) is 42.5 Å². The monoisotopic (exact) mass is 308 g/mol. The molecule has 4 nitrogen and oxygen atoms in total. The maximum absolute atomic E-state index is 12.3. The fourth-order valence-electron chi connectivity index (χ4n) is 2.33. The molecule has 0 heterocycles. The number of anilines is 1. The van der Waals surface area contributed by atoms with E-state index in [9.17, 15) is 9.59 Å². The molecule has 0 atom stereocenters. The average Bonchev–Trinajstić information content (AvgIpc) is 3.35. The molecule has 0 saturated heterocycles. The fourth-order valence-corrected chi connectivity index (χ4v) is 2.33. The zero-order valence-electron chi connectivity index (χ0n) is 13.3. The van der Waals surface area contributed by atoms with Gasteiger partial charge in [-0.15, -0.1) is 0 Å². The zero-order valence-corrected chi connectivity index (χ0v) is 13.3. The number of hydrogen-bond donors (Lipinski definition) is 2. The molecule has 1 aliphatic carbocycles. The van der Waals surface area contributed by atoms with E-state index in [-0.39, 0.29) is 11.8 Å². The quantitative estimate of drug-likeness (QED) is 0.909. The molecule has 2 N–H and O–H groups in total. The van der Waals surface area contributed by atoms with Gasteiger partial charge in [0.2, 0.25) is 0 Å². The Balaban J connectivity index is 1.69. The van der Waals surface area contributed by atoms with Crippen molar-refractivity contribution in [2.24, 2.45) is 0 Å². The Morgan fingerprint density at radius 1 is 0.913 bits per heavy atom. The van der Waals surface area contributed by atoms with Crippen molar-refractivity contribution >= 4 is 17.5 Å². The van der Waals surface area contributed by atoms with E-state index < -0.39 is 0 Å². The van der Waals surface area contributed by atoms with E-state index >= 15 is 0 Å². The minimum absolute atomic E-state index is 0.0750. The Bertz CT molecular complexity index is 746. The number of rotatable bonds is 4. The van der Waals surface area contributed by atoms with Crippen LogP contribution in [0.2, 0.25) is 0 Å². The minimum atomic E-state index is -0.173. The normalized spacial score (nSPS) is 13.5. The lowest BCUT2D eigenvalue weighted by Gasteiger charge is -2.10. The van der Waals surface area contributed by atoms with Crippen molar-refractivity contribution in [1.29, 1.82) is 0 Å². The maximum Gasteiger partial charge on any atom is 0.255 e. The van der Waals surface area contributed by atoms with Gasteiger partial charge in [-0.25, -0.2) is 0 Å². The summed E-state index contributed by atoms with van der Waals surface area (Å²) in [5.41, 5.74) is 4.04. The molecule has 23 heavy (non-hydrogen) atoms. The summed E-state index contributed by atoms with van der Waals surface area (Å²) in [6, 6.07) is 13.0. The van der Waals surface area contributed by atoms with Crippen molar-refractivity contribution in [3.63, 3.8) is 0 Å². The van der Waals surface area contributed by atoms with Gasteiger partial charge in [0.25, 0.3) is 11.8 Å². The standard InChI is InChI=1S/C19H20N2O2/c1-12-3-4-13(2)17(11-12)21-19(23)15-7-5-14(6-8-15)18(22)20-16-9-10-16/h3-8,11,16H,9-10H2,1-2H3,(H,20,22)(H,21,23). The highest BCUT2D eigenvalue weighted by molar-refractivity contribution is 6.05. The van der Waals surface area contributed by atoms with Gasteiger partial charge in [-0.2, -0.15) is 0 Å². The molecule has 3 rings (SSSR count). The van der Waals surface area contributed by atoms with E-state index in [0.717, 1.165) is 29.7 Å². The summed E-state index contributed by atoms with van der Waals surface area (Å²) < 4.78 is 0. The number of hydrogen-bond acceptors (Lipinski definition) is 2. The van der Waals surface area contributed by atoms with Crippen molar-refractivity contribution in [3.8, 4) is 0 Å². The van der Waals surface area contributed by atoms with Crippen LogP contribution < -0.4 is 10.6 Å². The van der Waals surface area contributed by atoms with Crippen LogP contribution in [0, 0.1) is 13.8 Å². The molecule has 1 saturated carbocycles. The van der Waals surface area contributed by atoms with Gasteiger partial charge in [0.15, 0.2) is 0 Å². The molecule has 2 amide bonds. The van der Waals surface area contributed by atoms with Crippen LogP contribution in [-0.4, -0.2) is 17.9 Å². The fraction of sp³-hybridized carbons (Fsp3) is 0.263. The largest absolute Gasteiger partial charge is 0.349 e. The van der Waals surface area contributed by atoms with E-state index in [1.807, 2.05) is 32.0 Å². The van der Waals surface area contributed by atoms with E-state index in [1.165, 1.54) is 0 Å². The minimum Gasteiger partial charge on any atom is -0.349 e. The third-order valence-electron chi connectivity index (χ3n) is 3.96. The highest BCUT2D eigenvalue weighted by atomic mass is 16.2. The van der Waals surface area contributed by atoms with Crippen molar-refractivity contribution in [1.82, 2.24) is 5.32 Å². The van der Waals surface area contributed by atoms with Crippen molar-refractivity contribution in [2.75, 3.05) is 5.32 Å². The average molecular weight is 308 g/mol. The Morgan fingerprint density at radius 3 is 2.13 bits per heavy atom. The molecular formula is C19H20N2O2. The predicted octanol–water partition coefficient (Wildman–Crippen LogP) is 3.45. The van der Waals surface area contributed by atoms with Crippen LogP contribution in [0.5, 0.6) is 0 Å². The lowest BCUT2D eigenvalue weighted by molar-refractivity contribution is 0.0949. The van der Waals surface area contributed by atoms with Crippen molar-refractivity contribution < 1.29 is 9.59 Å². The summed E-state index contributed by atoms with van der Waals surface area (Å²) in [6.45, 7) is 3.95. The van der Waals surface area contributed by atoms with Crippen molar-refractivity contribution in [2.45, 2.75) is 32.7 Å². The SMILES string of the molecule is Cc1ccc(C)c(NC(=O)c2ccc(C(=O)NC3CC3)cc2)c1. The highest BCUT2D eigenvalue weighted by Gasteiger charge is 2.23. The summed E-state index contributed by atoms with van der Waals surface area (Å²) in [5.74, 6) is -0.248. The molecule has 2 aromatic rings. The molecule has 118 valence electrons. The van der Waals surface area contributed by atoms with Crippen LogP contribution in [-0.2, 0) is 0 Å². The predicted molar refractivity (Wildman–Crippen MR) is 90.8 cm³/mol. The molecule has 0 spiro atoms. The van der Waals surface area contributed by atoms with Gasteiger partial charge in [-0.1, -0.05) is 12.1 Å². The summed E-state index contributed by atoms with van der Waals surface area (Å²) in [7, 11) is 0. The van der Waals surface area contributed by atoms with Gasteiger partial charge in [0.05, 0.1) is 0 Å². The van der Waals surface area contributed by atoms with Crippen LogP contribution in [0.1, 0.15) is 44.7 Å². The number of nitrogens with one attached hydrogen (secondary N) is 2. The molecule has 0 radical (unpaired) electrons. The van der Waals surface area contributed by atoms with Gasteiger partial charge in [0.1, 0.15) is 0 Å². The third-order valence-corrected chi connectivity index (χ3v) is 3.96. The molecule has 4 heteroatoms. The van der Waals surface area contributed by atoms with Crippen LogP contribution in [0.3, 0.4) is 0 Å². The first-order chi connectivity index (χ1) is 11.0. The van der Waals surface area contributed by atoms with Crippen molar-refractivity contribution in [3.05, 3.63) is 64.7 Å². The number of carbonyl (C=O) groups excluding carboxylic acids is 2. The third kappa shape index (κ3) is 3.77. The van der Waals surface area contributed by atoms with Gasteiger partial charge >= 0.3 is 0 Å². The maximum atomic E-state index is 12.3. The van der Waals surface area contributed by atoms with E-state index in [4.69, 9.17) is 0 Å². The first-order valence-electron chi connectivity index (χ1n) is 7.82. The molecule has 0 aromatic heterocycles. The van der Waals surface area contributed by atoms with Gasteiger partial charge in [-0.05, 0) is 68.1 Å². The second-order valence-corrected chi connectivity index (χ2v) is 6.10. The van der Waals surface area contributed by atoms with Gasteiger partial charge in [0, 0.05) is 22.9 Å². The van der Waals surface area contributed by atoms with Crippen LogP contribution in [0.25, 0.3) is 0 Å². The Morgan fingerprint density at radius 2 is 1.52 bits per heavy atom. The second-order valence-electron chi connectivity index (χ2n) is 6.10. The number of benzene rings is 2. The number of amides is 2. The lowest BCUT2D eigenvalue weighted by Crippen LogP contribution is -2.25. The molecular weight excluding hydrogens is 288 g/mol. The number of carbonyl (C=O) groups is 2.